The SMILES string of the molecule is O=S(=O)(c1ccc(OCCO)cc1)c1ccc(OCC2CO2)cc1. The lowest BCUT2D eigenvalue weighted by Crippen LogP contribution is -2.05. The Kier molecular flexibility index (Phi) is 5.03. The van der Waals surface area contributed by atoms with Gasteiger partial charge in [-0.3, -0.25) is 0 Å². The molecule has 1 heterocycles. The van der Waals surface area contributed by atoms with E-state index in [2.05, 4.69) is 0 Å². The lowest BCUT2D eigenvalue weighted by molar-refractivity contribution is 0.201. The minimum atomic E-state index is -3.60. The van der Waals surface area contributed by atoms with E-state index in [-0.39, 0.29) is 29.1 Å². The van der Waals surface area contributed by atoms with Crippen molar-refractivity contribution < 1.29 is 27.7 Å². The summed E-state index contributed by atoms with van der Waals surface area (Å²) in [7, 11) is -3.60. The fourth-order valence-corrected chi connectivity index (χ4v) is 3.34. The number of rotatable bonds is 8. The molecule has 128 valence electrons. The number of epoxide rings is 1. The molecule has 1 aliphatic rings. The van der Waals surface area contributed by atoms with Gasteiger partial charge in [-0.2, -0.15) is 0 Å². The molecule has 24 heavy (non-hydrogen) atoms. The molecule has 0 aliphatic carbocycles. The van der Waals surface area contributed by atoms with Gasteiger partial charge in [-0.15, -0.1) is 0 Å². The topological polar surface area (TPSA) is 85.4 Å². The predicted octanol–water partition coefficient (Wildman–Crippen LogP) is 1.67. The maximum absolute atomic E-state index is 12.6. The first-order valence-corrected chi connectivity index (χ1v) is 9.01. The molecule has 0 aromatic heterocycles. The summed E-state index contributed by atoms with van der Waals surface area (Å²) in [6.07, 6.45) is 0.153. The third-order valence-electron chi connectivity index (χ3n) is 3.47. The molecule has 1 fully saturated rings. The van der Waals surface area contributed by atoms with Crippen molar-refractivity contribution in [3.8, 4) is 11.5 Å². The van der Waals surface area contributed by atoms with E-state index >= 15 is 0 Å². The molecule has 0 saturated carbocycles. The molecule has 0 amide bonds. The Hall–Kier alpha value is -2.09. The minimum Gasteiger partial charge on any atom is -0.491 e. The predicted molar refractivity (Wildman–Crippen MR) is 86.2 cm³/mol. The second kappa shape index (κ2) is 7.21. The van der Waals surface area contributed by atoms with Crippen LogP contribution in [-0.2, 0) is 14.6 Å². The lowest BCUT2D eigenvalue weighted by atomic mass is 10.3. The van der Waals surface area contributed by atoms with E-state index in [1.165, 1.54) is 24.3 Å². The maximum atomic E-state index is 12.6. The van der Waals surface area contributed by atoms with Gasteiger partial charge in [0.15, 0.2) is 0 Å². The molecule has 1 N–H and O–H groups in total. The Bertz CT molecular complexity index is 764. The van der Waals surface area contributed by atoms with Gasteiger partial charge in [0.05, 0.1) is 23.0 Å². The van der Waals surface area contributed by atoms with Crippen LogP contribution in [0.25, 0.3) is 0 Å². The Morgan fingerprint density at radius 3 is 1.92 bits per heavy atom. The molecule has 0 radical (unpaired) electrons. The van der Waals surface area contributed by atoms with Crippen molar-refractivity contribution in [3.63, 3.8) is 0 Å². The van der Waals surface area contributed by atoms with Crippen LogP contribution in [0.5, 0.6) is 11.5 Å². The zero-order chi connectivity index (χ0) is 17.0. The zero-order valence-electron chi connectivity index (χ0n) is 12.9. The normalized spacial score (nSPS) is 16.6. The van der Waals surface area contributed by atoms with Crippen LogP contribution in [0.15, 0.2) is 58.3 Å². The summed E-state index contributed by atoms with van der Waals surface area (Å²) < 4.78 is 41.0. The fraction of sp³-hybridized carbons (Fsp3) is 0.294. The van der Waals surface area contributed by atoms with Gasteiger partial charge >= 0.3 is 0 Å². The van der Waals surface area contributed by atoms with Crippen LogP contribution in [0.3, 0.4) is 0 Å². The molecule has 1 unspecified atom stereocenters. The van der Waals surface area contributed by atoms with E-state index in [1.54, 1.807) is 24.3 Å². The van der Waals surface area contributed by atoms with Crippen LogP contribution in [0.2, 0.25) is 0 Å². The minimum absolute atomic E-state index is 0.0959. The summed E-state index contributed by atoms with van der Waals surface area (Å²) in [5.74, 6) is 1.12. The van der Waals surface area contributed by atoms with Crippen molar-refractivity contribution in [1.29, 1.82) is 0 Å². The molecule has 1 atom stereocenters. The van der Waals surface area contributed by atoms with Gasteiger partial charge in [0, 0.05) is 0 Å². The van der Waals surface area contributed by atoms with Crippen LogP contribution < -0.4 is 9.47 Å². The van der Waals surface area contributed by atoms with Gasteiger partial charge in [-0.1, -0.05) is 0 Å². The summed E-state index contributed by atoms with van der Waals surface area (Å²) in [4.78, 5) is 0.375. The molecule has 6 nitrogen and oxygen atoms in total. The molecule has 2 aromatic rings. The monoisotopic (exact) mass is 350 g/mol. The molecule has 3 rings (SSSR count). The number of benzene rings is 2. The average Bonchev–Trinajstić information content (AvgIpc) is 3.43. The number of aliphatic hydroxyl groups excluding tert-OH is 1. The fourth-order valence-electron chi connectivity index (χ4n) is 2.08. The van der Waals surface area contributed by atoms with Crippen LogP contribution >= 0.6 is 0 Å². The summed E-state index contributed by atoms with van der Waals surface area (Å²) in [5.41, 5.74) is 0. The highest BCUT2D eigenvalue weighted by molar-refractivity contribution is 7.91. The smallest absolute Gasteiger partial charge is 0.206 e. The van der Waals surface area contributed by atoms with Gasteiger partial charge in [0.25, 0.3) is 0 Å². The maximum Gasteiger partial charge on any atom is 0.206 e. The van der Waals surface area contributed by atoms with Crippen molar-refractivity contribution in [2.24, 2.45) is 0 Å². The van der Waals surface area contributed by atoms with Crippen LogP contribution in [-0.4, -0.2) is 46.1 Å². The van der Waals surface area contributed by atoms with Crippen molar-refractivity contribution in [2.75, 3.05) is 26.4 Å². The van der Waals surface area contributed by atoms with Crippen molar-refractivity contribution >= 4 is 9.84 Å². The first kappa shape index (κ1) is 16.8. The van der Waals surface area contributed by atoms with E-state index in [0.717, 1.165) is 0 Å². The Labute approximate surface area is 140 Å². The zero-order valence-corrected chi connectivity index (χ0v) is 13.7. The van der Waals surface area contributed by atoms with Gasteiger partial charge in [-0.25, -0.2) is 8.42 Å². The molecule has 0 spiro atoms. The second-order valence-corrected chi connectivity index (χ2v) is 7.23. The molecule has 7 heteroatoms. The Morgan fingerprint density at radius 2 is 1.46 bits per heavy atom. The van der Waals surface area contributed by atoms with E-state index in [9.17, 15) is 8.42 Å². The van der Waals surface area contributed by atoms with E-state index in [1.807, 2.05) is 0 Å². The number of hydrogen-bond acceptors (Lipinski definition) is 6. The van der Waals surface area contributed by atoms with Crippen LogP contribution in [0.1, 0.15) is 0 Å². The highest BCUT2D eigenvalue weighted by atomic mass is 32.2. The first-order valence-electron chi connectivity index (χ1n) is 7.53. The molecular formula is C17H18O6S. The number of aliphatic hydroxyl groups is 1. The largest absolute Gasteiger partial charge is 0.491 e. The Morgan fingerprint density at radius 1 is 0.958 bits per heavy atom. The molecule has 0 bridgehead atoms. The molecule has 2 aromatic carbocycles. The van der Waals surface area contributed by atoms with Crippen molar-refractivity contribution in [2.45, 2.75) is 15.9 Å². The molecule has 1 aliphatic heterocycles. The second-order valence-electron chi connectivity index (χ2n) is 5.28. The quantitative estimate of drug-likeness (QED) is 0.729. The van der Waals surface area contributed by atoms with Gasteiger partial charge in [0.1, 0.15) is 30.8 Å². The van der Waals surface area contributed by atoms with Crippen molar-refractivity contribution in [3.05, 3.63) is 48.5 Å². The third-order valence-corrected chi connectivity index (χ3v) is 5.25. The van der Waals surface area contributed by atoms with E-state index in [0.29, 0.717) is 24.7 Å². The highest BCUT2D eigenvalue weighted by Crippen LogP contribution is 2.25. The van der Waals surface area contributed by atoms with Crippen molar-refractivity contribution in [1.82, 2.24) is 0 Å². The lowest BCUT2D eigenvalue weighted by Gasteiger charge is -2.08. The number of hydrogen-bond donors (Lipinski definition) is 1. The average molecular weight is 350 g/mol. The third kappa shape index (κ3) is 4.05. The van der Waals surface area contributed by atoms with Gasteiger partial charge < -0.3 is 19.3 Å². The van der Waals surface area contributed by atoms with E-state index < -0.39 is 9.84 Å². The Balaban J connectivity index is 1.71. The highest BCUT2D eigenvalue weighted by Gasteiger charge is 2.23. The van der Waals surface area contributed by atoms with Crippen LogP contribution in [0.4, 0.5) is 0 Å². The molecular weight excluding hydrogens is 332 g/mol. The summed E-state index contributed by atoms with van der Waals surface area (Å²) >= 11 is 0. The first-order chi connectivity index (χ1) is 11.6. The van der Waals surface area contributed by atoms with Gasteiger partial charge in [-0.05, 0) is 48.5 Å². The summed E-state index contributed by atoms with van der Waals surface area (Å²) in [6.45, 7) is 1.26. The van der Waals surface area contributed by atoms with Gasteiger partial charge in [0.2, 0.25) is 9.84 Å². The molecule has 1 saturated heterocycles. The number of sulfone groups is 1. The number of ether oxygens (including phenoxy) is 3. The standard InChI is InChI=1S/C17H18O6S/c18-9-10-21-13-1-5-16(6-2-13)24(19,20)17-7-3-14(4-8-17)22-11-15-12-23-15/h1-8,15,18H,9-12H2. The van der Waals surface area contributed by atoms with E-state index in [4.69, 9.17) is 19.3 Å². The summed E-state index contributed by atoms with van der Waals surface area (Å²) in [6, 6.07) is 12.4. The van der Waals surface area contributed by atoms with Crippen LogP contribution in [0, 0.1) is 0 Å². The summed E-state index contributed by atoms with van der Waals surface area (Å²) in [5, 5.41) is 8.72.